The van der Waals surface area contributed by atoms with E-state index in [0.29, 0.717) is 24.1 Å². The summed E-state index contributed by atoms with van der Waals surface area (Å²) in [5.41, 5.74) is 2.33. The number of benzene rings is 1. The number of amides is 1. The lowest BCUT2D eigenvalue weighted by atomic mass is 10.2. The highest BCUT2D eigenvalue weighted by molar-refractivity contribution is 5.93. The monoisotopic (exact) mass is 388 g/mol. The quantitative estimate of drug-likeness (QED) is 0.539. The Morgan fingerprint density at radius 2 is 1.79 bits per heavy atom. The summed E-state index contributed by atoms with van der Waals surface area (Å²) in [6.07, 6.45) is 1.94. The van der Waals surface area contributed by atoms with Crippen LogP contribution in [0.3, 0.4) is 0 Å². The van der Waals surface area contributed by atoms with E-state index in [0.717, 1.165) is 30.8 Å². The van der Waals surface area contributed by atoms with Crippen molar-refractivity contribution in [1.82, 2.24) is 19.4 Å². The second kappa shape index (κ2) is 7.18. The molecule has 4 heterocycles. The smallest absolute Gasteiger partial charge is 0.289 e. The van der Waals surface area contributed by atoms with E-state index < -0.39 is 0 Å². The second-order valence-corrected chi connectivity index (χ2v) is 7.25. The summed E-state index contributed by atoms with van der Waals surface area (Å²) in [5.74, 6) is -0.136. The van der Waals surface area contributed by atoms with Gasteiger partial charge in [0.2, 0.25) is 0 Å². The number of fused-ring (bicyclic) bond motifs is 2. The topological polar surface area (TPSA) is 71.1 Å². The van der Waals surface area contributed by atoms with Crippen molar-refractivity contribution < 1.29 is 9.21 Å². The first-order chi connectivity index (χ1) is 14.2. The van der Waals surface area contributed by atoms with Gasteiger partial charge in [-0.2, -0.15) is 5.10 Å². The number of pyridine rings is 1. The van der Waals surface area contributed by atoms with Gasteiger partial charge in [0.05, 0.1) is 16.6 Å². The van der Waals surface area contributed by atoms with Crippen molar-refractivity contribution >= 4 is 22.4 Å². The van der Waals surface area contributed by atoms with Gasteiger partial charge in [0.1, 0.15) is 5.58 Å². The first kappa shape index (κ1) is 17.6. The fraction of sp³-hybridized carbons (Fsp3) is 0.227. The Morgan fingerprint density at radius 1 is 1.00 bits per heavy atom. The fourth-order valence-corrected chi connectivity index (χ4v) is 3.77. The van der Waals surface area contributed by atoms with Crippen LogP contribution in [-0.4, -0.2) is 51.5 Å². The zero-order chi connectivity index (χ0) is 19.8. The van der Waals surface area contributed by atoms with Gasteiger partial charge in [0, 0.05) is 45.0 Å². The molecule has 1 amide bonds. The number of aromatic nitrogens is 2. The molecule has 0 radical (unpaired) electrons. The molecular formula is C22H20N4O3. The van der Waals surface area contributed by atoms with Crippen LogP contribution in [0.2, 0.25) is 0 Å². The molecule has 1 aliphatic heterocycles. The third kappa shape index (κ3) is 3.40. The zero-order valence-corrected chi connectivity index (χ0v) is 15.8. The molecule has 1 fully saturated rings. The van der Waals surface area contributed by atoms with Gasteiger partial charge in [-0.15, -0.1) is 0 Å². The highest BCUT2D eigenvalue weighted by atomic mass is 16.3. The third-order valence-corrected chi connectivity index (χ3v) is 5.31. The first-order valence-electron chi connectivity index (χ1n) is 9.65. The van der Waals surface area contributed by atoms with Crippen molar-refractivity contribution in [2.45, 2.75) is 6.54 Å². The van der Waals surface area contributed by atoms with Crippen LogP contribution >= 0.6 is 0 Å². The highest BCUT2D eigenvalue weighted by Gasteiger charge is 2.25. The van der Waals surface area contributed by atoms with E-state index in [-0.39, 0.29) is 17.1 Å². The van der Waals surface area contributed by atoms with Gasteiger partial charge in [-0.1, -0.05) is 18.2 Å². The van der Waals surface area contributed by atoms with Crippen molar-refractivity contribution in [3.05, 3.63) is 82.5 Å². The minimum atomic E-state index is -0.236. The van der Waals surface area contributed by atoms with Gasteiger partial charge in [0.15, 0.2) is 11.2 Å². The van der Waals surface area contributed by atoms with E-state index in [1.165, 1.54) is 6.07 Å². The zero-order valence-electron chi connectivity index (χ0n) is 15.8. The Kier molecular flexibility index (Phi) is 4.37. The van der Waals surface area contributed by atoms with Gasteiger partial charge in [-0.25, -0.2) is 4.52 Å². The number of rotatable bonds is 3. The molecule has 5 rings (SSSR count). The molecule has 0 aliphatic carbocycles. The predicted molar refractivity (Wildman–Crippen MR) is 109 cm³/mol. The number of hydrogen-bond donors (Lipinski definition) is 0. The molecule has 7 heteroatoms. The van der Waals surface area contributed by atoms with Crippen LogP contribution in [0, 0.1) is 0 Å². The van der Waals surface area contributed by atoms with Crippen LogP contribution in [0.5, 0.6) is 0 Å². The lowest BCUT2D eigenvalue weighted by Gasteiger charge is -2.34. The summed E-state index contributed by atoms with van der Waals surface area (Å²) in [7, 11) is 0. The molecular weight excluding hydrogens is 368 g/mol. The van der Waals surface area contributed by atoms with E-state index in [9.17, 15) is 9.59 Å². The molecule has 1 aromatic carbocycles. The Hall–Kier alpha value is -3.45. The summed E-state index contributed by atoms with van der Waals surface area (Å²) in [5, 5.41) is 5.08. The number of hydrogen-bond acceptors (Lipinski definition) is 5. The molecule has 0 unspecified atom stereocenters. The molecule has 3 aromatic heterocycles. The van der Waals surface area contributed by atoms with Crippen LogP contribution in [0.4, 0.5) is 0 Å². The average Bonchev–Trinajstić information content (AvgIpc) is 3.16. The molecule has 7 nitrogen and oxygen atoms in total. The minimum absolute atomic E-state index is 0.0995. The molecule has 0 N–H and O–H groups in total. The average molecular weight is 388 g/mol. The standard InChI is InChI=1S/C22H20N4O3/c27-19-14-21(29-20-7-2-1-6-18(19)20)22(28)25-11-9-24(10-12-25)15-16-13-17-5-3-4-8-26(17)23-16/h1-8,13-14H,9-12,15H2. The van der Waals surface area contributed by atoms with Crippen molar-refractivity contribution in [2.24, 2.45) is 0 Å². The molecule has 0 spiro atoms. The fourth-order valence-electron chi connectivity index (χ4n) is 3.77. The van der Waals surface area contributed by atoms with Gasteiger partial charge < -0.3 is 9.32 Å². The van der Waals surface area contributed by atoms with Crippen molar-refractivity contribution in [3.63, 3.8) is 0 Å². The molecule has 1 aliphatic rings. The second-order valence-electron chi connectivity index (χ2n) is 7.25. The molecule has 0 bridgehead atoms. The molecule has 4 aromatic rings. The van der Waals surface area contributed by atoms with E-state index in [2.05, 4.69) is 16.1 Å². The number of carbonyl (C=O) groups is 1. The van der Waals surface area contributed by atoms with Crippen molar-refractivity contribution in [1.29, 1.82) is 0 Å². The molecule has 0 saturated carbocycles. The van der Waals surface area contributed by atoms with Crippen LogP contribution in [0.25, 0.3) is 16.5 Å². The lowest BCUT2D eigenvalue weighted by Crippen LogP contribution is -2.48. The summed E-state index contributed by atoms with van der Waals surface area (Å²) in [4.78, 5) is 29.1. The SMILES string of the molecule is O=C(c1cc(=O)c2ccccc2o1)N1CCN(Cc2cc3ccccn3n2)CC1. The maximum Gasteiger partial charge on any atom is 0.289 e. The van der Waals surface area contributed by atoms with Crippen molar-refractivity contribution in [2.75, 3.05) is 26.2 Å². The maximum absolute atomic E-state index is 12.8. The Bertz CT molecular complexity index is 1220. The Morgan fingerprint density at radius 3 is 2.62 bits per heavy atom. The van der Waals surface area contributed by atoms with Gasteiger partial charge >= 0.3 is 0 Å². The van der Waals surface area contributed by atoms with E-state index >= 15 is 0 Å². The van der Waals surface area contributed by atoms with Gasteiger partial charge in [-0.3, -0.25) is 14.5 Å². The van der Waals surface area contributed by atoms with Crippen molar-refractivity contribution in [3.8, 4) is 0 Å². The number of carbonyl (C=O) groups excluding carboxylic acids is 1. The van der Waals surface area contributed by atoms with Gasteiger partial charge in [-0.05, 0) is 30.3 Å². The van der Waals surface area contributed by atoms with Gasteiger partial charge in [0.25, 0.3) is 5.91 Å². The minimum Gasteiger partial charge on any atom is -0.451 e. The first-order valence-corrected chi connectivity index (χ1v) is 9.65. The Labute approximate surface area is 166 Å². The van der Waals surface area contributed by atoms with Crippen LogP contribution in [-0.2, 0) is 6.54 Å². The molecule has 1 saturated heterocycles. The molecule has 29 heavy (non-hydrogen) atoms. The summed E-state index contributed by atoms with van der Waals surface area (Å²) in [6, 6.07) is 16.4. The van der Waals surface area contributed by atoms with Crippen LogP contribution < -0.4 is 5.43 Å². The van der Waals surface area contributed by atoms with Crippen LogP contribution in [0.1, 0.15) is 16.2 Å². The number of para-hydroxylation sites is 1. The molecule has 0 atom stereocenters. The highest BCUT2D eigenvalue weighted by Crippen LogP contribution is 2.15. The third-order valence-electron chi connectivity index (χ3n) is 5.31. The summed E-state index contributed by atoms with van der Waals surface area (Å²) < 4.78 is 7.57. The molecule has 146 valence electrons. The number of nitrogens with zero attached hydrogens (tertiary/aromatic N) is 4. The summed E-state index contributed by atoms with van der Waals surface area (Å²) >= 11 is 0. The Balaban J connectivity index is 1.26. The van der Waals surface area contributed by atoms with E-state index in [1.54, 1.807) is 29.2 Å². The summed E-state index contributed by atoms with van der Waals surface area (Å²) in [6.45, 7) is 3.41. The largest absolute Gasteiger partial charge is 0.451 e. The van der Waals surface area contributed by atoms with E-state index in [1.807, 2.05) is 28.9 Å². The lowest BCUT2D eigenvalue weighted by molar-refractivity contribution is 0.0597. The normalized spacial score (nSPS) is 15.2. The predicted octanol–water partition coefficient (Wildman–Crippen LogP) is 2.40. The van der Waals surface area contributed by atoms with E-state index in [4.69, 9.17) is 4.42 Å². The van der Waals surface area contributed by atoms with Crippen LogP contribution in [0.15, 0.2) is 70.0 Å². The maximum atomic E-state index is 12.8. The number of piperazine rings is 1.